The third kappa shape index (κ3) is 2.05. The average molecular weight is 391 g/mol. The summed E-state index contributed by atoms with van der Waals surface area (Å²) >= 11 is 0. The number of carbonyl (C=O) groups excluding carboxylic acids is 2. The number of carbonyl (C=O) groups is 2. The van der Waals surface area contributed by atoms with Crippen LogP contribution in [-0.2, 0) is 9.53 Å². The van der Waals surface area contributed by atoms with Gasteiger partial charge in [0, 0.05) is 5.92 Å². The molecule has 28 heavy (non-hydrogen) atoms. The quantitative estimate of drug-likeness (QED) is 0.518. The van der Waals surface area contributed by atoms with E-state index in [2.05, 4.69) is 13.8 Å². The first-order chi connectivity index (χ1) is 12.9. The van der Waals surface area contributed by atoms with Crippen LogP contribution < -0.4 is 5.73 Å². The molecule has 0 unspecified atom stereocenters. The molecule has 1 amide bonds. The van der Waals surface area contributed by atoms with E-state index >= 15 is 0 Å². The number of ether oxygens (including phenoxy) is 1. The van der Waals surface area contributed by atoms with E-state index < -0.39 is 41.8 Å². The second-order valence-electron chi connectivity index (χ2n) is 9.68. The fourth-order valence-electron chi connectivity index (χ4n) is 6.71. The van der Waals surface area contributed by atoms with Crippen molar-refractivity contribution in [3.8, 4) is 0 Å². The van der Waals surface area contributed by atoms with Crippen LogP contribution in [0.4, 0.5) is 4.79 Å². The van der Waals surface area contributed by atoms with Gasteiger partial charge in [-0.05, 0) is 47.7 Å². The summed E-state index contributed by atoms with van der Waals surface area (Å²) in [5.41, 5.74) is 2.32. The minimum atomic E-state index is -2.12. The molecule has 8 atom stereocenters. The molecule has 0 aromatic carbocycles. The summed E-state index contributed by atoms with van der Waals surface area (Å²) in [5.74, 6) is -0.606. The van der Waals surface area contributed by atoms with Gasteiger partial charge in [-0.25, -0.2) is 4.79 Å². The summed E-state index contributed by atoms with van der Waals surface area (Å²) in [6.45, 7) is 7.33. The number of rotatable bonds is 2. The minimum absolute atomic E-state index is 0.0266. The molecule has 4 aliphatic rings. The molecule has 0 aliphatic heterocycles. The Kier molecular flexibility index (Phi) is 3.98. The Morgan fingerprint density at radius 3 is 2.61 bits per heavy atom. The first-order valence-electron chi connectivity index (χ1n) is 9.86. The van der Waals surface area contributed by atoms with Crippen molar-refractivity contribution in [2.75, 3.05) is 6.61 Å². The first kappa shape index (κ1) is 19.6. The van der Waals surface area contributed by atoms with Crippen LogP contribution >= 0.6 is 0 Å². The van der Waals surface area contributed by atoms with Crippen LogP contribution in [-0.4, -0.2) is 51.6 Å². The molecule has 7 nitrogen and oxygen atoms in total. The number of ketones is 1. The number of aliphatic hydroxyl groups excluding tert-OH is 2. The van der Waals surface area contributed by atoms with Crippen molar-refractivity contribution in [2.24, 2.45) is 40.2 Å². The van der Waals surface area contributed by atoms with Gasteiger partial charge in [-0.15, -0.1) is 0 Å². The van der Waals surface area contributed by atoms with Gasteiger partial charge < -0.3 is 25.8 Å². The number of primary amides is 1. The van der Waals surface area contributed by atoms with Crippen molar-refractivity contribution >= 4 is 11.9 Å². The van der Waals surface area contributed by atoms with E-state index in [-0.39, 0.29) is 28.6 Å². The number of fused-ring (bicyclic) bond motifs is 3. The van der Waals surface area contributed by atoms with Crippen molar-refractivity contribution in [2.45, 2.75) is 51.9 Å². The molecule has 2 saturated carbocycles. The van der Waals surface area contributed by atoms with Crippen LogP contribution in [0.15, 0.2) is 23.3 Å². The maximum absolute atomic E-state index is 14.0. The monoisotopic (exact) mass is 391 g/mol. The lowest BCUT2D eigenvalue weighted by atomic mass is 9.59. The molecule has 0 heterocycles. The predicted molar refractivity (Wildman–Crippen MR) is 99.8 cm³/mol. The second kappa shape index (κ2) is 5.68. The topological polar surface area (TPSA) is 130 Å². The second-order valence-corrected chi connectivity index (χ2v) is 9.68. The Hall–Kier alpha value is -1.70. The average Bonchev–Trinajstić information content (AvgIpc) is 3.10. The summed E-state index contributed by atoms with van der Waals surface area (Å²) in [6, 6.07) is 0. The van der Waals surface area contributed by atoms with Crippen molar-refractivity contribution in [1.29, 1.82) is 0 Å². The van der Waals surface area contributed by atoms with E-state index in [1.807, 2.05) is 6.92 Å². The van der Waals surface area contributed by atoms with E-state index in [1.165, 1.54) is 0 Å². The maximum Gasteiger partial charge on any atom is 0.405 e. The lowest BCUT2D eigenvalue weighted by Crippen LogP contribution is -2.66. The number of hydrogen-bond acceptors (Lipinski definition) is 6. The highest BCUT2D eigenvalue weighted by molar-refractivity contribution is 5.95. The number of nitrogens with two attached hydrogens (primary N) is 1. The minimum Gasteiger partial charge on any atom is -0.439 e. The van der Waals surface area contributed by atoms with Crippen molar-refractivity contribution < 1.29 is 29.6 Å². The van der Waals surface area contributed by atoms with Gasteiger partial charge in [0.05, 0.1) is 12.0 Å². The van der Waals surface area contributed by atoms with E-state index in [0.29, 0.717) is 17.9 Å². The standard InChI is InChI=1S/C21H29NO6/c1-9-7-20-10(2)5-13-14(19(13,3)4)12(16(20)25)6-11(8-23)15(24)21(20,27)17(9)28-18(22)26/h6-7,10,12-15,17,23-24,27H,5,8H2,1-4H3,(H2,22,26)/t10-,12+,13-,14+,15-,17+,20+,21+/m1/s1. The summed E-state index contributed by atoms with van der Waals surface area (Å²) in [7, 11) is 0. The van der Waals surface area contributed by atoms with E-state index in [9.17, 15) is 24.9 Å². The molecule has 154 valence electrons. The number of aliphatic hydroxyl groups is 3. The van der Waals surface area contributed by atoms with Crippen molar-refractivity contribution in [3.05, 3.63) is 23.3 Å². The van der Waals surface area contributed by atoms with Gasteiger partial charge >= 0.3 is 6.09 Å². The van der Waals surface area contributed by atoms with Gasteiger partial charge in [-0.3, -0.25) is 4.79 Å². The molecule has 7 heteroatoms. The van der Waals surface area contributed by atoms with Gasteiger partial charge in [-0.2, -0.15) is 0 Å². The zero-order valence-electron chi connectivity index (χ0n) is 16.7. The van der Waals surface area contributed by atoms with Crippen LogP contribution in [0, 0.1) is 34.5 Å². The molecule has 4 aliphatic carbocycles. The number of amides is 1. The normalized spacial score (nSPS) is 48.5. The molecule has 5 N–H and O–H groups in total. The molecule has 2 fully saturated rings. The fourth-order valence-corrected chi connectivity index (χ4v) is 6.71. The molecule has 0 saturated heterocycles. The van der Waals surface area contributed by atoms with Crippen molar-refractivity contribution in [1.82, 2.24) is 0 Å². The Morgan fingerprint density at radius 2 is 2.04 bits per heavy atom. The van der Waals surface area contributed by atoms with Gasteiger partial charge in [-0.1, -0.05) is 32.9 Å². The molecule has 4 rings (SSSR count). The Morgan fingerprint density at radius 1 is 1.39 bits per heavy atom. The van der Waals surface area contributed by atoms with E-state index in [0.717, 1.165) is 0 Å². The van der Waals surface area contributed by atoms with Crippen LogP contribution in [0.3, 0.4) is 0 Å². The molecule has 1 spiro atoms. The van der Waals surface area contributed by atoms with Crippen molar-refractivity contribution in [3.63, 3.8) is 0 Å². The number of Topliss-reactive ketones (excluding diaryl/α,β-unsaturated/α-hetero) is 1. The number of allylic oxidation sites excluding steroid dienone is 1. The third-order valence-electron chi connectivity index (χ3n) is 8.13. The lowest BCUT2D eigenvalue weighted by molar-refractivity contribution is -0.189. The van der Waals surface area contributed by atoms with E-state index in [4.69, 9.17) is 10.5 Å². The molecule has 0 aromatic heterocycles. The van der Waals surface area contributed by atoms with Crippen LogP contribution in [0.2, 0.25) is 0 Å². The molecular formula is C21H29NO6. The SMILES string of the molecule is CC1=C[C@]23C(=O)[C@@H](C=C(CO)[C@@H](O)[C@]2(O)[C@H]1OC(N)=O)[C@H]1[C@@H](C[C@H]3C)C1(C)C. The van der Waals surface area contributed by atoms with Gasteiger partial charge in [0.15, 0.2) is 17.5 Å². The van der Waals surface area contributed by atoms with Gasteiger partial charge in [0.2, 0.25) is 0 Å². The zero-order valence-corrected chi connectivity index (χ0v) is 16.7. The van der Waals surface area contributed by atoms with Crippen LogP contribution in [0.5, 0.6) is 0 Å². The third-order valence-corrected chi connectivity index (χ3v) is 8.13. The molecular weight excluding hydrogens is 362 g/mol. The Bertz CT molecular complexity index is 816. The zero-order chi connectivity index (χ0) is 20.8. The van der Waals surface area contributed by atoms with Gasteiger partial charge in [0.25, 0.3) is 0 Å². The summed E-state index contributed by atoms with van der Waals surface area (Å²) in [6.07, 6.45) is 0.108. The highest BCUT2D eigenvalue weighted by Gasteiger charge is 2.76. The molecule has 0 aromatic rings. The molecule has 0 radical (unpaired) electrons. The summed E-state index contributed by atoms with van der Waals surface area (Å²) < 4.78 is 5.22. The highest BCUT2D eigenvalue weighted by atomic mass is 16.6. The molecule has 2 bridgehead atoms. The summed E-state index contributed by atoms with van der Waals surface area (Å²) in [4.78, 5) is 25.5. The highest BCUT2D eigenvalue weighted by Crippen LogP contribution is 2.71. The van der Waals surface area contributed by atoms with E-state index in [1.54, 1.807) is 19.1 Å². The maximum atomic E-state index is 14.0. The fraction of sp³-hybridized carbons (Fsp3) is 0.714. The largest absolute Gasteiger partial charge is 0.439 e. The summed E-state index contributed by atoms with van der Waals surface area (Å²) in [5, 5.41) is 33.0. The van der Waals surface area contributed by atoms with Crippen LogP contribution in [0.1, 0.15) is 34.1 Å². The smallest absolute Gasteiger partial charge is 0.405 e. The Labute approximate surface area is 164 Å². The lowest BCUT2D eigenvalue weighted by Gasteiger charge is -2.48. The van der Waals surface area contributed by atoms with Gasteiger partial charge in [0.1, 0.15) is 6.10 Å². The Balaban J connectivity index is 1.97. The number of hydrogen-bond donors (Lipinski definition) is 4. The predicted octanol–water partition coefficient (Wildman–Crippen LogP) is 0.918. The first-order valence-corrected chi connectivity index (χ1v) is 9.86. The van der Waals surface area contributed by atoms with Crippen LogP contribution in [0.25, 0.3) is 0 Å².